The molecule has 1 atom stereocenters. The minimum Gasteiger partial charge on any atom is -0.465 e. The van der Waals surface area contributed by atoms with Crippen molar-refractivity contribution in [2.24, 2.45) is 0 Å². The highest BCUT2D eigenvalue weighted by atomic mass is 35.5. The Kier molecular flexibility index (Phi) is 12.6. The van der Waals surface area contributed by atoms with Gasteiger partial charge in [0.15, 0.2) is 9.84 Å². The fraction of sp³-hybridized carbons (Fsp3) is 0.406. The number of halogens is 4. The molecule has 0 radical (unpaired) electrons. The van der Waals surface area contributed by atoms with Gasteiger partial charge < -0.3 is 14.9 Å². The Labute approximate surface area is 273 Å². The fourth-order valence-corrected chi connectivity index (χ4v) is 6.50. The van der Waals surface area contributed by atoms with Gasteiger partial charge in [0.2, 0.25) is 5.91 Å². The summed E-state index contributed by atoms with van der Waals surface area (Å²) >= 11 is 0. The van der Waals surface area contributed by atoms with Crippen LogP contribution in [0, 0.1) is 0 Å². The number of nitrogens with zero attached hydrogens (tertiary/aromatic N) is 4. The number of likely N-dealkylation sites (tertiary alicyclic amines) is 1. The molecule has 3 aromatic rings. The molecule has 46 heavy (non-hydrogen) atoms. The summed E-state index contributed by atoms with van der Waals surface area (Å²) in [5, 5.41) is 10.2. The second-order valence-corrected chi connectivity index (χ2v) is 13.1. The first-order chi connectivity index (χ1) is 21.3. The number of hydrogen-bond acceptors (Lipinski definition) is 6. The van der Waals surface area contributed by atoms with Gasteiger partial charge in [0.05, 0.1) is 34.8 Å². The smallest absolute Gasteiger partial charge is 0.418 e. The minimum absolute atomic E-state index is 0. The third kappa shape index (κ3) is 9.20. The topological polar surface area (TPSA) is 111 Å². The van der Waals surface area contributed by atoms with Crippen LogP contribution >= 0.6 is 12.4 Å². The molecule has 4 rings (SSSR count). The minimum atomic E-state index is -4.77. The number of benzene rings is 2. The first kappa shape index (κ1) is 36.8. The lowest BCUT2D eigenvalue weighted by Gasteiger charge is -2.39. The van der Waals surface area contributed by atoms with Crippen LogP contribution in [0.5, 0.6) is 0 Å². The first-order valence-corrected chi connectivity index (χ1v) is 16.6. The molecular formula is C32H38ClF3N4O5S. The molecule has 2 aromatic carbocycles. The average molecular weight is 683 g/mol. The maximum Gasteiger partial charge on any atom is 0.418 e. The van der Waals surface area contributed by atoms with Crippen molar-refractivity contribution in [2.75, 3.05) is 37.3 Å². The number of piperidine rings is 1. The van der Waals surface area contributed by atoms with E-state index in [4.69, 9.17) is 0 Å². The van der Waals surface area contributed by atoms with Crippen LogP contribution in [0.2, 0.25) is 0 Å². The molecule has 2 amide bonds. The summed E-state index contributed by atoms with van der Waals surface area (Å²) in [5.41, 5.74) is -0.301. The Morgan fingerprint density at radius 1 is 1.04 bits per heavy atom. The molecule has 1 N–H and O–H groups in total. The number of rotatable bonds is 11. The number of likely N-dealkylation sites (N-methyl/N-ethyl adjacent to an activating group) is 1. The van der Waals surface area contributed by atoms with Gasteiger partial charge in [0.1, 0.15) is 0 Å². The van der Waals surface area contributed by atoms with Gasteiger partial charge in [-0.05, 0) is 55.5 Å². The molecule has 1 fully saturated rings. The fourth-order valence-electron chi connectivity index (χ4n) is 5.87. The molecule has 9 nitrogen and oxygen atoms in total. The third-order valence-electron chi connectivity index (χ3n) is 8.15. The van der Waals surface area contributed by atoms with Crippen molar-refractivity contribution in [3.8, 4) is 0 Å². The summed E-state index contributed by atoms with van der Waals surface area (Å²) in [6.45, 7) is 4.13. The van der Waals surface area contributed by atoms with Crippen molar-refractivity contribution in [1.29, 1.82) is 0 Å². The summed E-state index contributed by atoms with van der Waals surface area (Å²) < 4.78 is 65.1. The van der Waals surface area contributed by atoms with Crippen molar-refractivity contribution < 1.29 is 36.3 Å². The Morgan fingerprint density at radius 2 is 1.67 bits per heavy atom. The summed E-state index contributed by atoms with van der Waals surface area (Å²) in [7, 11) is -3.33. The van der Waals surface area contributed by atoms with E-state index in [1.165, 1.54) is 12.1 Å². The lowest BCUT2D eigenvalue weighted by molar-refractivity contribution is -0.137. The molecule has 1 aromatic heterocycles. The Bertz CT molecular complexity index is 1570. The number of alkyl halides is 3. The van der Waals surface area contributed by atoms with E-state index >= 15 is 0 Å². The molecule has 1 aliphatic rings. The first-order valence-electron chi connectivity index (χ1n) is 14.7. The molecular weight excluding hydrogens is 645 g/mol. The van der Waals surface area contributed by atoms with Crippen LogP contribution < -0.4 is 4.90 Å². The van der Waals surface area contributed by atoms with Gasteiger partial charge in [-0.3, -0.25) is 14.7 Å². The van der Waals surface area contributed by atoms with Crippen LogP contribution in [-0.2, 0) is 27.2 Å². The van der Waals surface area contributed by atoms with Crippen LogP contribution in [0.25, 0.3) is 0 Å². The summed E-state index contributed by atoms with van der Waals surface area (Å²) in [4.78, 5) is 34.4. The monoisotopic (exact) mass is 682 g/mol. The molecule has 1 aliphatic heterocycles. The van der Waals surface area contributed by atoms with Gasteiger partial charge in [-0.25, -0.2) is 13.2 Å². The van der Waals surface area contributed by atoms with Crippen molar-refractivity contribution in [3.63, 3.8) is 0 Å². The lowest BCUT2D eigenvalue weighted by Crippen LogP contribution is -2.48. The number of aromatic nitrogens is 1. The normalized spacial score (nSPS) is 15.1. The summed E-state index contributed by atoms with van der Waals surface area (Å²) in [6, 6.07) is 14.8. The number of hydrogen-bond donors (Lipinski definition) is 1. The highest BCUT2D eigenvalue weighted by Crippen LogP contribution is 2.40. The molecule has 0 unspecified atom stereocenters. The molecule has 0 spiro atoms. The van der Waals surface area contributed by atoms with E-state index < -0.39 is 39.4 Å². The van der Waals surface area contributed by atoms with Crippen LogP contribution in [0.4, 0.5) is 23.7 Å². The number of anilines is 1. The second kappa shape index (κ2) is 15.7. The quantitative estimate of drug-likeness (QED) is 0.260. The van der Waals surface area contributed by atoms with Gasteiger partial charge in [-0.2, -0.15) is 13.2 Å². The molecule has 1 saturated heterocycles. The van der Waals surface area contributed by atoms with Crippen LogP contribution in [0.1, 0.15) is 48.9 Å². The standard InChI is InChI=1S/C32H37F3N4O5S.ClH/c1-3-38(30(40)21-23-9-11-26(12-10-23)45(2,43)44)25-14-18-37(19-15-25)20-16-28(24-7-5-4-6-8-24)39(31(41)42)29-22-36-17-13-27(29)32(33,34)35;/h4-13,17,22,25,28H,3,14-16,18-21H2,1-2H3,(H,41,42);1H/t28-;/m0./s1. The van der Waals surface area contributed by atoms with Crippen LogP contribution in [0.3, 0.4) is 0 Å². The third-order valence-corrected chi connectivity index (χ3v) is 9.28. The zero-order valence-corrected chi connectivity index (χ0v) is 27.2. The summed E-state index contributed by atoms with van der Waals surface area (Å²) in [6.07, 6.45) is -1.45. The van der Waals surface area contributed by atoms with Crippen molar-refractivity contribution in [3.05, 3.63) is 89.7 Å². The van der Waals surface area contributed by atoms with Gasteiger partial charge in [0.25, 0.3) is 0 Å². The molecule has 0 bridgehead atoms. The average Bonchev–Trinajstić information content (AvgIpc) is 3.00. The number of carboxylic acid groups (broad SMARTS) is 1. The zero-order chi connectivity index (χ0) is 32.8. The van der Waals surface area contributed by atoms with E-state index in [1.807, 2.05) is 11.8 Å². The predicted octanol–water partition coefficient (Wildman–Crippen LogP) is 6.10. The molecule has 2 heterocycles. The number of pyridine rings is 1. The maximum atomic E-state index is 13.9. The van der Waals surface area contributed by atoms with Crippen molar-refractivity contribution in [2.45, 2.75) is 55.8 Å². The number of carbonyl (C=O) groups is 2. The summed E-state index contributed by atoms with van der Waals surface area (Å²) in [5.74, 6) is -0.0544. The highest BCUT2D eigenvalue weighted by molar-refractivity contribution is 7.90. The van der Waals surface area contributed by atoms with E-state index in [2.05, 4.69) is 9.88 Å². The van der Waals surface area contributed by atoms with E-state index in [9.17, 15) is 36.3 Å². The van der Waals surface area contributed by atoms with Gasteiger partial charge in [-0.15, -0.1) is 12.4 Å². The van der Waals surface area contributed by atoms with Gasteiger partial charge in [-0.1, -0.05) is 42.5 Å². The number of amides is 2. The predicted molar refractivity (Wildman–Crippen MR) is 171 cm³/mol. The maximum absolute atomic E-state index is 13.9. The Morgan fingerprint density at radius 3 is 2.22 bits per heavy atom. The number of carbonyl (C=O) groups excluding carboxylic acids is 1. The lowest BCUT2D eigenvalue weighted by atomic mass is 9.98. The number of sulfone groups is 1. The SMILES string of the molecule is CCN(C(=O)Cc1ccc(S(C)(=O)=O)cc1)C1CCN(CC[C@@H](c2ccccc2)N(C(=O)O)c2cnccc2C(F)(F)F)CC1.Cl. The van der Waals surface area contributed by atoms with E-state index in [0.717, 1.165) is 35.2 Å². The Balaban J connectivity index is 0.00000576. The molecule has 250 valence electrons. The van der Waals surface area contributed by atoms with Crippen LogP contribution in [-0.4, -0.2) is 78.8 Å². The van der Waals surface area contributed by atoms with Gasteiger partial charge in [0, 0.05) is 44.7 Å². The second-order valence-electron chi connectivity index (χ2n) is 11.1. The zero-order valence-electron chi connectivity index (χ0n) is 25.6. The highest BCUT2D eigenvalue weighted by Gasteiger charge is 2.39. The molecule has 0 aliphatic carbocycles. The van der Waals surface area contributed by atoms with E-state index in [-0.39, 0.29) is 42.1 Å². The van der Waals surface area contributed by atoms with E-state index in [0.29, 0.717) is 44.6 Å². The van der Waals surface area contributed by atoms with Crippen molar-refractivity contribution in [1.82, 2.24) is 14.8 Å². The molecule has 0 saturated carbocycles. The van der Waals surface area contributed by atoms with Crippen molar-refractivity contribution >= 4 is 39.9 Å². The largest absolute Gasteiger partial charge is 0.465 e. The Hall–Kier alpha value is -3.68. The van der Waals surface area contributed by atoms with Crippen LogP contribution in [0.15, 0.2) is 78.0 Å². The van der Waals surface area contributed by atoms with Gasteiger partial charge >= 0.3 is 12.3 Å². The van der Waals surface area contributed by atoms with E-state index in [1.54, 1.807) is 42.5 Å². The molecule has 14 heteroatoms.